The highest BCUT2D eigenvalue weighted by molar-refractivity contribution is 7.90. The smallest absolute Gasteiger partial charge is 0.265 e. The zero-order valence-electron chi connectivity index (χ0n) is 30.7. The third-order valence-corrected chi connectivity index (χ3v) is 12.3. The molecule has 1 aliphatic heterocycles. The van der Waals surface area contributed by atoms with E-state index in [2.05, 4.69) is 23.9 Å². The lowest BCUT2D eigenvalue weighted by molar-refractivity contribution is -0.133. The highest BCUT2D eigenvalue weighted by atomic mass is 32.2. The number of aryl methyl sites for hydroxylation is 2. The van der Waals surface area contributed by atoms with Crippen LogP contribution in [0.1, 0.15) is 96.2 Å². The fourth-order valence-electron chi connectivity index (χ4n) is 7.45. The van der Waals surface area contributed by atoms with Crippen LogP contribution in [0, 0.1) is 18.3 Å². The molecule has 2 heterocycles. The molecule has 0 bridgehead atoms. The summed E-state index contributed by atoms with van der Waals surface area (Å²) in [7, 11) is -2.58. The zero-order valence-corrected chi connectivity index (χ0v) is 31.5. The topological polar surface area (TPSA) is 127 Å². The molecule has 3 amide bonds. The molecule has 0 spiro atoms. The lowest BCUT2D eigenvalue weighted by Crippen LogP contribution is -2.41. The van der Waals surface area contributed by atoms with Gasteiger partial charge in [0.2, 0.25) is 5.91 Å². The molecule has 0 radical (unpaired) electrons. The molecule has 1 saturated carbocycles. The molecule has 276 valence electrons. The first-order valence-electron chi connectivity index (χ1n) is 18.3. The Morgan fingerprint density at radius 2 is 1.60 bits per heavy atom. The summed E-state index contributed by atoms with van der Waals surface area (Å²) in [6.07, 6.45) is 9.68. The van der Waals surface area contributed by atoms with E-state index in [0.717, 1.165) is 60.8 Å². The van der Waals surface area contributed by atoms with Crippen LogP contribution in [0.4, 0.5) is 0 Å². The highest BCUT2D eigenvalue weighted by Crippen LogP contribution is 2.32. The van der Waals surface area contributed by atoms with E-state index in [1.54, 1.807) is 37.3 Å². The van der Waals surface area contributed by atoms with Crippen molar-refractivity contribution < 1.29 is 27.5 Å². The van der Waals surface area contributed by atoms with Crippen molar-refractivity contribution in [1.29, 1.82) is 0 Å². The average molecular weight is 727 g/mol. The minimum atomic E-state index is -4.09. The van der Waals surface area contributed by atoms with Gasteiger partial charge < -0.3 is 19.5 Å². The molecule has 10 nitrogen and oxygen atoms in total. The molecule has 3 aromatic carbocycles. The fraction of sp³-hybridized carbons (Fsp3) is 0.439. The van der Waals surface area contributed by atoms with Crippen LogP contribution in [0.5, 0.6) is 5.75 Å². The normalized spacial score (nSPS) is 16.2. The molecular weight excluding hydrogens is 677 g/mol. The Morgan fingerprint density at radius 1 is 0.904 bits per heavy atom. The maximum absolute atomic E-state index is 13.3. The van der Waals surface area contributed by atoms with Crippen molar-refractivity contribution in [3.63, 3.8) is 0 Å². The number of rotatable bonds is 12. The van der Waals surface area contributed by atoms with Crippen LogP contribution in [0.25, 0.3) is 10.9 Å². The van der Waals surface area contributed by atoms with E-state index in [0.29, 0.717) is 48.7 Å². The molecule has 1 aliphatic carbocycles. The summed E-state index contributed by atoms with van der Waals surface area (Å²) in [6, 6.07) is 17.1. The first-order valence-corrected chi connectivity index (χ1v) is 19.8. The molecule has 6 rings (SSSR count). The van der Waals surface area contributed by atoms with E-state index in [1.165, 1.54) is 32.1 Å². The van der Waals surface area contributed by atoms with Gasteiger partial charge in [-0.05, 0) is 91.8 Å². The summed E-state index contributed by atoms with van der Waals surface area (Å²) < 4.78 is 35.9. The summed E-state index contributed by atoms with van der Waals surface area (Å²) in [5, 5.41) is 4.10. The van der Waals surface area contributed by atoms with Crippen LogP contribution < -0.4 is 14.8 Å². The summed E-state index contributed by atoms with van der Waals surface area (Å²) >= 11 is 0. The van der Waals surface area contributed by atoms with E-state index in [4.69, 9.17) is 4.74 Å². The Labute approximate surface area is 307 Å². The predicted octanol–water partition coefficient (Wildman–Crippen LogP) is 6.63. The van der Waals surface area contributed by atoms with E-state index < -0.39 is 15.9 Å². The highest BCUT2D eigenvalue weighted by Gasteiger charge is 2.28. The van der Waals surface area contributed by atoms with Gasteiger partial charge in [0.25, 0.3) is 21.8 Å². The second-order valence-electron chi connectivity index (χ2n) is 15.1. The summed E-state index contributed by atoms with van der Waals surface area (Å²) in [5.41, 5.74) is 4.11. The number of aromatic nitrogens is 1. The number of nitrogens with one attached hydrogen (secondary N) is 2. The standard InChI is InChI=1S/C41H50N4O6S/c1-28-9-5-8-12-37(28)52(49,50)43-40(48)31-13-14-33(36(24-31)51-4)27-45-26-32(16-18-38(46)44-21-19-41(2,3)20-22-44)34-17-15-30(23-35(34)45)39(47)42-25-29-10-6-7-11-29/h5,8-9,12-15,17,23-24,26,29H,6-7,10-11,16,18-22,25,27H2,1-4H3,(H,42,47)(H,43,48). The SMILES string of the molecule is COc1cc(C(=O)NS(=O)(=O)c2ccccc2C)ccc1Cn1cc(CCC(=O)N2CCC(C)(C)CC2)c2ccc(C(=O)NCC3CCCC3)cc21. The quantitative estimate of drug-likeness (QED) is 0.169. The largest absolute Gasteiger partial charge is 0.496 e. The molecule has 4 aromatic rings. The van der Waals surface area contributed by atoms with Gasteiger partial charge >= 0.3 is 0 Å². The van der Waals surface area contributed by atoms with Gasteiger partial charge in [-0.15, -0.1) is 0 Å². The number of nitrogens with zero attached hydrogens (tertiary/aromatic N) is 2. The Kier molecular flexibility index (Phi) is 11.1. The number of carbonyl (C=O) groups is 3. The van der Waals surface area contributed by atoms with Crippen molar-refractivity contribution in [3.8, 4) is 5.75 Å². The van der Waals surface area contributed by atoms with Crippen LogP contribution in [-0.2, 0) is 27.8 Å². The number of hydrogen-bond acceptors (Lipinski definition) is 6. The Morgan fingerprint density at radius 3 is 2.31 bits per heavy atom. The van der Waals surface area contributed by atoms with Gasteiger partial charge in [-0.25, -0.2) is 13.1 Å². The zero-order chi connectivity index (χ0) is 37.0. The van der Waals surface area contributed by atoms with E-state index in [9.17, 15) is 22.8 Å². The minimum Gasteiger partial charge on any atom is -0.496 e. The third-order valence-electron chi connectivity index (χ3n) is 10.8. The summed E-state index contributed by atoms with van der Waals surface area (Å²) in [4.78, 5) is 41.7. The van der Waals surface area contributed by atoms with Crippen molar-refractivity contribution in [3.05, 3.63) is 94.7 Å². The number of piperidine rings is 1. The average Bonchev–Trinajstić information content (AvgIpc) is 3.77. The van der Waals surface area contributed by atoms with Crippen molar-refractivity contribution in [1.82, 2.24) is 19.5 Å². The van der Waals surface area contributed by atoms with Crippen LogP contribution in [0.15, 0.2) is 71.8 Å². The fourth-order valence-corrected chi connectivity index (χ4v) is 8.67. The number of benzene rings is 3. The lowest BCUT2D eigenvalue weighted by Gasteiger charge is -2.37. The first kappa shape index (κ1) is 37.1. The Bertz CT molecular complexity index is 2070. The van der Waals surface area contributed by atoms with Gasteiger partial charge in [-0.2, -0.15) is 0 Å². The van der Waals surface area contributed by atoms with Crippen molar-refractivity contribution in [2.45, 2.75) is 83.6 Å². The van der Waals surface area contributed by atoms with Crippen LogP contribution >= 0.6 is 0 Å². The molecular formula is C41H50N4O6S. The number of likely N-dealkylation sites (tertiary alicyclic amines) is 1. The second kappa shape index (κ2) is 15.5. The molecule has 1 saturated heterocycles. The number of hydrogen-bond donors (Lipinski definition) is 2. The molecule has 2 fully saturated rings. The maximum Gasteiger partial charge on any atom is 0.265 e. The molecule has 0 atom stereocenters. The van der Waals surface area contributed by atoms with E-state index in [-0.39, 0.29) is 27.7 Å². The number of methoxy groups -OCH3 is 1. The number of fused-ring (bicyclic) bond motifs is 1. The first-order chi connectivity index (χ1) is 24.8. The third kappa shape index (κ3) is 8.52. The number of amides is 3. The lowest BCUT2D eigenvalue weighted by atomic mass is 9.82. The van der Waals surface area contributed by atoms with Crippen molar-refractivity contribution >= 4 is 38.6 Å². The Balaban J connectivity index is 1.25. The van der Waals surface area contributed by atoms with Gasteiger partial charge in [0.15, 0.2) is 0 Å². The number of sulfonamides is 1. The van der Waals surface area contributed by atoms with Crippen LogP contribution in [0.3, 0.4) is 0 Å². The predicted molar refractivity (Wildman–Crippen MR) is 202 cm³/mol. The Hall–Kier alpha value is -4.64. The second-order valence-corrected chi connectivity index (χ2v) is 16.8. The summed E-state index contributed by atoms with van der Waals surface area (Å²) in [6.45, 7) is 8.75. The van der Waals surface area contributed by atoms with Crippen molar-refractivity contribution in [2.75, 3.05) is 26.7 Å². The molecule has 2 aliphatic rings. The van der Waals surface area contributed by atoms with Gasteiger partial charge in [0, 0.05) is 59.8 Å². The van der Waals surface area contributed by atoms with E-state index in [1.807, 2.05) is 33.9 Å². The number of carbonyl (C=O) groups excluding carboxylic acids is 3. The monoisotopic (exact) mass is 726 g/mol. The molecule has 52 heavy (non-hydrogen) atoms. The maximum atomic E-state index is 13.3. The number of ether oxygens (including phenoxy) is 1. The molecule has 1 aromatic heterocycles. The minimum absolute atomic E-state index is 0.0374. The summed E-state index contributed by atoms with van der Waals surface area (Å²) in [5.74, 6) is 0.209. The molecule has 2 N–H and O–H groups in total. The van der Waals surface area contributed by atoms with Gasteiger partial charge in [0.05, 0.1) is 18.6 Å². The van der Waals surface area contributed by atoms with Crippen molar-refractivity contribution in [2.24, 2.45) is 11.3 Å². The van der Waals surface area contributed by atoms with Crippen LogP contribution in [-0.4, -0.2) is 62.4 Å². The molecule has 11 heteroatoms. The van der Waals surface area contributed by atoms with Gasteiger partial charge in [-0.1, -0.05) is 57.0 Å². The van der Waals surface area contributed by atoms with Crippen LogP contribution in [0.2, 0.25) is 0 Å². The van der Waals surface area contributed by atoms with Gasteiger partial charge in [-0.3, -0.25) is 14.4 Å². The van der Waals surface area contributed by atoms with E-state index >= 15 is 0 Å². The van der Waals surface area contributed by atoms with Gasteiger partial charge in [0.1, 0.15) is 5.75 Å². The molecule has 0 unspecified atom stereocenters.